The maximum absolute atomic E-state index is 13.2. The van der Waals surface area contributed by atoms with Crippen LogP contribution in [0.25, 0.3) is 0 Å². The van der Waals surface area contributed by atoms with Gasteiger partial charge in [0, 0.05) is 28.8 Å². The number of rotatable bonds is 6. The van der Waals surface area contributed by atoms with E-state index in [0.717, 1.165) is 21.2 Å². The van der Waals surface area contributed by atoms with Crippen molar-refractivity contribution in [2.75, 3.05) is 0 Å². The number of hydrogen-bond acceptors (Lipinski definition) is 3. The number of ketones is 1. The van der Waals surface area contributed by atoms with Crippen molar-refractivity contribution in [3.8, 4) is 0 Å². The number of carbonyl (C=O) groups excluding carboxylic acids is 2. The van der Waals surface area contributed by atoms with Gasteiger partial charge in [-0.1, -0.05) is 57.9 Å². The third-order valence-electron chi connectivity index (χ3n) is 4.58. The van der Waals surface area contributed by atoms with E-state index < -0.39 is 23.3 Å². The number of hydrogen-bond donors (Lipinski definition) is 1. The second kappa shape index (κ2) is 9.01. The molecule has 2 aromatic carbocycles. The van der Waals surface area contributed by atoms with Gasteiger partial charge < -0.3 is 5.32 Å². The van der Waals surface area contributed by atoms with Gasteiger partial charge in [0.15, 0.2) is 11.8 Å². The molecule has 6 heteroatoms. The molecule has 1 aromatic heterocycles. The minimum Gasteiger partial charge on any atom is -0.350 e. The van der Waals surface area contributed by atoms with Crippen molar-refractivity contribution in [1.29, 1.82) is 0 Å². The summed E-state index contributed by atoms with van der Waals surface area (Å²) in [7, 11) is 0. The van der Waals surface area contributed by atoms with Crippen LogP contribution in [0.4, 0.5) is 0 Å². The summed E-state index contributed by atoms with van der Waals surface area (Å²) in [5, 5.41) is 2.79. The highest BCUT2D eigenvalue weighted by atomic mass is 79.9. The van der Waals surface area contributed by atoms with Crippen molar-refractivity contribution < 1.29 is 9.59 Å². The lowest BCUT2D eigenvalue weighted by molar-refractivity contribution is -0.123. The molecule has 1 amide bonds. The first-order chi connectivity index (χ1) is 13.8. The predicted molar refractivity (Wildman–Crippen MR) is 116 cm³/mol. The van der Waals surface area contributed by atoms with E-state index in [1.165, 1.54) is 16.8 Å². The molecule has 5 nitrogen and oxygen atoms in total. The molecule has 0 radical (unpaired) electrons. The summed E-state index contributed by atoms with van der Waals surface area (Å²) in [5.74, 6) is -0.972. The van der Waals surface area contributed by atoms with Crippen LogP contribution in [0.3, 0.4) is 0 Å². The van der Waals surface area contributed by atoms with Crippen LogP contribution in [0, 0.1) is 13.8 Å². The molecule has 1 atom stereocenters. The zero-order chi connectivity index (χ0) is 21.0. The molecule has 3 rings (SSSR count). The van der Waals surface area contributed by atoms with Crippen LogP contribution in [-0.4, -0.2) is 16.3 Å². The van der Waals surface area contributed by atoms with Crippen LogP contribution in [-0.2, 0) is 11.3 Å². The number of nitrogens with zero attached hydrogens (tertiary/aromatic N) is 1. The first-order valence-electron chi connectivity index (χ1n) is 9.17. The average molecular weight is 453 g/mol. The van der Waals surface area contributed by atoms with E-state index in [9.17, 15) is 14.4 Å². The molecule has 0 saturated carbocycles. The molecular formula is C23H21BrN2O3. The third kappa shape index (κ3) is 5.09. The van der Waals surface area contributed by atoms with E-state index in [4.69, 9.17) is 0 Å². The van der Waals surface area contributed by atoms with E-state index >= 15 is 0 Å². The molecule has 0 saturated heterocycles. The lowest BCUT2D eigenvalue weighted by atomic mass is 10.0. The fourth-order valence-electron chi connectivity index (χ4n) is 2.97. The second-order valence-corrected chi connectivity index (χ2v) is 7.85. The highest BCUT2D eigenvalue weighted by Crippen LogP contribution is 2.18. The van der Waals surface area contributed by atoms with Crippen molar-refractivity contribution >= 4 is 27.6 Å². The molecule has 1 N–H and O–H groups in total. The predicted octanol–water partition coefficient (Wildman–Crippen LogP) is 3.97. The van der Waals surface area contributed by atoms with Gasteiger partial charge in [0.25, 0.3) is 11.5 Å². The number of nitrogens with one attached hydrogen (secondary N) is 1. The molecule has 0 aliphatic carbocycles. The third-order valence-corrected chi connectivity index (χ3v) is 5.07. The van der Waals surface area contributed by atoms with E-state index in [0.29, 0.717) is 5.56 Å². The van der Waals surface area contributed by atoms with E-state index in [2.05, 4.69) is 21.2 Å². The first kappa shape index (κ1) is 20.7. The van der Waals surface area contributed by atoms with Crippen molar-refractivity contribution in [1.82, 2.24) is 9.88 Å². The maximum atomic E-state index is 13.2. The van der Waals surface area contributed by atoms with Crippen molar-refractivity contribution in [2.24, 2.45) is 0 Å². The molecule has 1 heterocycles. The topological polar surface area (TPSA) is 68.2 Å². The van der Waals surface area contributed by atoms with Crippen molar-refractivity contribution in [2.45, 2.75) is 26.4 Å². The molecule has 0 fully saturated rings. The minimum atomic E-state index is -1.29. The Morgan fingerprint density at radius 1 is 1.00 bits per heavy atom. The van der Waals surface area contributed by atoms with E-state index in [-0.39, 0.29) is 6.54 Å². The molecule has 0 aliphatic heterocycles. The van der Waals surface area contributed by atoms with Crippen LogP contribution in [0.1, 0.15) is 33.1 Å². The van der Waals surface area contributed by atoms with Crippen LogP contribution in [0.2, 0.25) is 0 Å². The Labute approximate surface area is 177 Å². The minimum absolute atomic E-state index is 0.266. The summed E-state index contributed by atoms with van der Waals surface area (Å²) in [6.45, 7) is 4.04. The Balaban J connectivity index is 1.93. The molecule has 0 aliphatic rings. The molecule has 1 unspecified atom stereocenters. The molecule has 0 spiro atoms. The van der Waals surface area contributed by atoms with Gasteiger partial charge >= 0.3 is 0 Å². The normalized spacial score (nSPS) is 11.7. The number of Topliss-reactive ketones (excluding diaryl/α,β-unsaturated/α-hetero) is 1. The van der Waals surface area contributed by atoms with Crippen molar-refractivity contribution in [3.05, 3.63) is 104 Å². The first-order valence-corrected chi connectivity index (χ1v) is 9.96. The van der Waals surface area contributed by atoms with Crippen molar-refractivity contribution in [3.63, 3.8) is 0 Å². The fraction of sp³-hybridized carbons (Fsp3) is 0.174. The lowest BCUT2D eigenvalue weighted by Crippen LogP contribution is -2.41. The highest BCUT2D eigenvalue weighted by Gasteiger charge is 2.30. The van der Waals surface area contributed by atoms with Crippen LogP contribution in [0.15, 0.2) is 76.1 Å². The largest absolute Gasteiger partial charge is 0.350 e. The van der Waals surface area contributed by atoms with Gasteiger partial charge in [-0.05, 0) is 43.2 Å². The number of halogens is 1. The number of amides is 1. The zero-order valence-corrected chi connectivity index (χ0v) is 17.8. The van der Waals surface area contributed by atoms with Crippen LogP contribution >= 0.6 is 15.9 Å². The van der Waals surface area contributed by atoms with Crippen LogP contribution < -0.4 is 10.9 Å². The van der Waals surface area contributed by atoms with Crippen LogP contribution in [0.5, 0.6) is 0 Å². The van der Waals surface area contributed by atoms with Gasteiger partial charge in [-0.25, -0.2) is 0 Å². The van der Waals surface area contributed by atoms with Gasteiger partial charge in [0.05, 0.1) is 0 Å². The summed E-state index contributed by atoms with van der Waals surface area (Å²) in [6.07, 6.45) is 1.49. The Morgan fingerprint density at radius 3 is 2.38 bits per heavy atom. The van der Waals surface area contributed by atoms with Gasteiger partial charge in [-0.15, -0.1) is 0 Å². The number of pyridine rings is 1. The smallest absolute Gasteiger partial charge is 0.251 e. The molecule has 29 heavy (non-hydrogen) atoms. The quantitative estimate of drug-likeness (QED) is 0.454. The number of aromatic nitrogens is 1. The van der Waals surface area contributed by atoms with Gasteiger partial charge in [0.1, 0.15) is 0 Å². The van der Waals surface area contributed by atoms with E-state index in [1.807, 2.05) is 31.2 Å². The molecule has 0 bridgehead atoms. The summed E-state index contributed by atoms with van der Waals surface area (Å²) >= 11 is 3.34. The summed E-state index contributed by atoms with van der Waals surface area (Å²) in [6, 6.07) is 16.4. The molecule has 148 valence electrons. The number of benzene rings is 2. The zero-order valence-electron chi connectivity index (χ0n) is 16.2. The molecule has 3 aromatic rings. The van der Waals surface area contributed by atoms with Gasteiger partial charge in [-0.2, -0.15) is 0 Å². The Morgan fingerprint density at radius 2 is 1.72 bits per heavy atom. The lowest BCUT2D eigenvalue weighted by Gasteiger charge is -2.19. The SMILES string of the molecule is Cc1ccc(CNC(=O)C(C(=O)c2cccc(Br)c2)n2ccc(C)cc2=O)cc1. The Bertz CT molecular complexity index is 1100. The average Bonchev–Trinajstić information content (AvgIpc) is 2.69. The number of aryl methyl sites for hydroxylation is 2. The monoisotopic (exact) mass is 452 g/mol. The van der Waals surface area contributed by atoms with Gasteiger partial charge in [0.2, 0.25) is 0 Å². The standard InChI is InChI=1S/C23H21BrN2O3/c1-15-6-8-17(9-7-15)14-25-23(29)21(26-11-10-16(2)12-20(26)27)22(28)18-4-3-5-19(24)13-18/h3-13,21H,14H2,1-2H3,(H,25,29). The Kier molecular flexibility index (Phi) is 6.44. The maximum Gasteiger partial charge on any atom is 0.251 e. The van der Waals surface area contributed by atoms with Gasteiger partial charge in [-0.3, -0.25) is 19.0 Å². The number of carbonyl (C=O) groups is 2. The molecular weight excluding hydrogens is 432 g/mol. The Hall–Kier alpha value is -2.99. The summed E-state index contributed by atoms with van der Waals surface area (Å²) < 4.78 is 1.90. The second-order valence-electron chi connectivity index (χ2n) is 6.93. The summed E-state index contributed by atoms with van der Waals surface area (Å²) in [4.78, 5) is 38.7. The summed E-state index contributed by atoms with van der Waals surface area (Å²) in [5.41, 5.74) is 2.74. The van der Waals surface area contributed by atoms with E-state index in [1.54, 1.807) is 37.3 Å². The fourth-order valence-corrected chi connectivity index (χ4v) is 3.36. The highest BCUT2D eigenvalue weighted by molar-refractivity contribution is 9.10.